The third kappa shape index (κ3) is 13.8. The maximum Gasteiger partial charge on any atom is 0.246 e. The highest BCUT2D eigenvalue weighted by molar-refractivity contribution is 5.95. The van der Waals surface area contributed by atoms with E-state index in [1.165, 1.54) is 11.1 Å². The molecule has 8 amide bonds. The van der Waals surface area contributed by atoms with E-state index in [-0.39, 0.29) is 98.1 Å². The first-order chi connectivity index (χ1) is 36.7. The predicted octanol–water partition coefficient (Wildman–Crippen LogP) is 3.67. The molecule has 8 N–H and O–H groups in total. The van der Waals surface area contributed by atoms with Gasteiger partial charge in [0.05, 0.1) is 24.2 Å². The standard InChI is InChI=1S/C58H84N10O8/c1-35(59-3)53(71)65-51(39-19-7-5-8-20-39)57(75)67-33-41(31-47(67)55(73)63-45-27-15-23-37-17-11-13-25-43(37)45)61-49(69)29-30-50(70)62-42-32-48(56(74)64-46-28-16-24-38-18-12-14-26-44(38)46)68(34-42)58(76)52(40-21-9-6-10-22-40)66-54(72)36(2)60-4/h11-14,17-18,25-26,35-36,39-42,45-48,51-52,59-60H,5-10,15-16,19-24,27-34H2,1-4H3,(H,61,69)(H,62,70)(H,63,73)(H,64,74)(H,65,71)(H,66,72)/t35-,36-,41-,42+,45-,46+,47-,48-,51-,52-/m0/s1. The summed E-state index contributed by atoms with van der Waals surface area (Å²) in [6.07, 6.45) is 14.0. The summed E-state index contributed by atoms with van der Waals surface area (Å²) in [5.74, 6) is -2.99. The molecule has 414 valence electrons. The second-order valence-electron chi connectivity index (χ2n) is 22.6. The van der Waals surface area contributed by atoms with Gasteiger partial charge in [-0.15, -0.1) is 0 Å². The first-order valence-corrected chi connectivity index (χ1v) is 28.6. The van der Waals surface area contributed by atoms with Crippen molar-refractivity contribution < 1.29 is 38.4 Å². The van der Waals surface area contributed by atoms with E-state index in [1.54, 1.807) is 37.7 Å². The lowest BCUT2D eigenvalue weighted by Gasteiger charge is -2.35. The van der Waals surface area contributed by atoms with E-state index >= 15 is 0 Å². The molecule has 8 rings (SSSR count). The Morgan fingerprint density at radius 2 is 0.882 bits per heavy atom. The van der Waals surface area contributed by atoms with Gasteiger partial charge >= 0.3 is 0 Å². The van der Waals surface area contributed by atoms with Crippen molar-refractivity contribution in [2.24, 2.45) is 11.8 Å². The minimum Gasteiger partial charge on any atom is -0.351 e. The minimum atomic E-state index is -0.913. The van der Waals surface area contributed by atoms with Crippen LogP contribution in [0.4, 0.5) is 0 Å². The van der Waals surface area contributed by atoms with Crippen LogP contribution >= 0.6 is 0 Å². The van der Waals surface area contributed by atoms with Crippen LogP contribution < -0.4 is 42.5 Å². The number of nitrogens with one attached hydrogen (secondary N) is 8. The molecule has 0 spiro atoms. The third-order valence-electron chi connectivity index (χ3n) is 17.5. The lowest BCUT2D eigenvalue weighted by atomic mass is 9.83. The van der Waals surface area contributed by atoms with Gasteiger partial charge in [-0.2, -0.15) is 0 Å². The zero-order valence-corrected chi connectivity index (χ0v) is 45.3. The molecule has 0 unspecified atom stereocenters. The molecule has 2 saturated heterocycles. The summed E-state index contributed by atoms with van der Waals surface area (Å²) >= 11 is 0. The average Bonchev–Trinajstić information content (AvgIpc) is 4.07. The van der Waals surface area contributed by atoms with Gasteiger partial charge in [-0.1, -0.05) is 87.1 Å². The number of likely N-dealkylation sites (N-methyl/N-ethyl adjacent to an activating group) is 2. The zero-order valence-electron chi connectivity index (χ0n) is 45.3. The number of likely N-dealkylation sites (tertiary alicyclic amines) is 2. The van der Waals surface area contributed by atoms with Crippen molar-refractivity contribution in [3.63, 3.8) is 0 Å². The Morgan fingerprint density at radius 3 is 1.26 bits per heavy atom. The fourth-order valence-electron chi connectivity index (χ4n) is 12.9. The summed E-state index contributed by atoms with van der Waals surface area (Å²) in [6, 6.07) is 9.86. The SMILES string of the molecule is CN[C@@H](C)C(=O)N[C@H](C(=O)N1C[C@@H](NC(=O)CCC(=O)N[C@@H]2C[C@@H](C(=O)N[C@@H]3CCCc4ccccc43)N(C(=O)[C@@H](NC(=O)[C@H](C)NC)C3CCCCC3)C2)C[C@H]1C(=O)N[C@H]1CCCc2ccccc21)C1CCCCC1. The summed E-state index contributed by atoms with van der Waals surface area (Å²) in [4.78, 5) is 116. The Bertz CT molecular complexity index is 2240. The summed E-state index contributed by atoms with van der Waals surface area (Å²) in [6.45, 7) is 3.57. The minimum absolute atomic E-state index is 0.0504. The Balaban J connectivity index is 0.944. The monoisotopic (exact) mass is 1050 g/mol. The smallest absolute Gasteiger partial charge is 0.246 e. The first kappa shape index (κ1) is 56.3. The van der Waals surface area contributed by atoms with Crippen LogP contribution in [0, 0.1) is 11.8 Å². The fourth-order valence-corrected chi connectivity index (χ4v) is 12.9. The van der Waals surface area contributed by atoms with Gasteiger partial charge in [0.2, 0.25) is 47.3 Å². The molecule has 2 aromatic rings. The molecule has 4 fully saturated rings. The normalized spacial score (nSPS) is 25.4. The maximum atomic E-state index is 14.9. The van der Waals surface area contributed by atoms with E-state index < -0.39 is 60.1 Å². The number of hydrogen-bond acceptors (Lipinski definition) is 10. The predicted molar refractivity (Wildman–Crippen MR) is 288 cm³/mol. The molecule has 2 aliphatic heterocycles. The molecule has 2 aromatic carbocycles. The maximum absolute atomic E-state index is 14.9. The van der Waals surface area contributed by atoms with Gasteiger partial charge in [-0.05, 0) is 139 Å². The zero-order chi connectivity index (χ0) is 53.9. The molecule has 2 heterocycles. The Morgan fingerprint density at radius 1 is 0.500 bits per heavy atom. The van der Waals surface area contributed by atoms with Gasteiger partial charge < -0.3 is 52.3 Å². The third-order valence-corrected chi connectivity index (χ3v) is 17.5. The highest BCUT2D eigenvalue weighted by atomic mass is 16.2. The lowest BCUT2D eigenvalue weighted by Crippen LogP contribution is -2.58. The Labute approximate surface area is 448 Å². The van der Waals surface area contributed by atoms with Gasteiger partial charge in [0.1, 0.15) is 24.2 Å². The number of nitrogens with zero attached hydrogens (tertiary/aromatic N) is 2. The number of hydrogen-bond donors (Lipinski definition) is 8. The van der Waals surface area contributed by atoms with Crippen molar-refractivity contribution >= 4 is 47.3 Å². The van der Waals surface area contributed by atoms with E-state index in [0.717, 1.165) is 114 Å². The molecule has 0 bridgehead atoms. The molecule has 4 aliphatic carbocycles. The highest BCUT2D eigenvalue weighted by Gasteiger charge is 2.47. The van der Waals surface area contributed by atoms with E-state index in [2.05, 4.69) is 54.7 Å². The molecule has 0 aromatic heterocycles. The highest BCUT2D eigenvalue weighted by Crippen LogP contribution is 2.35. The Kier molecular flexibility index (Phi) is 19.6. The number of carbonyl (C=O) groups excluding carboxylic acids is 8. The summed E-state index contributed by atoms with van der Waals surface area (Å²) < 4.78 is 0. The number of benzene rings is 2. The van der Waals surface area contributed by atoms with Crippen molar-refractivity contribution in [3.05, 3.63) is 70.8 Å². The van der Waals surface area contributed by atoms with Crippen LogP contribution in [0.2, 0.25) is 0 Å². The molecule has 0 radical (unpaired) electrons. The van der Waals surface area contributed by atoms with Crippen LogP contribution in [0.25, 0.3) is 0 Å². The average molecular weight is 1050 g/mol. The number of carbonyl (C=O) groups is 8. The van der Waals surface area contributed by atoms with Gasteiger partial charge in [-0.25, -0.2) is 0 Å². The van der Waals surface area contributed by atoms with Crippen LogP contribution in [0.5, 0.6) is 0 Å². The number of rotatable bonds is 19. The topological polar surface area (TPSA) is 239 Å². The van der Waals surface area contributed by atoms with Gasteiger partial charge in [0, 0.05) is 38.0 Å². The van der Waals surface area contributed by atoms with Gasteiger partial charge in [0.25, 0.3) is 0 Å². The molecule has 76 heavy (non-hydrogen) atoms. The molecule has 18 nitrogen and oxygen atoms in total. The Hall–Kier alpha value is -5.88. The van der Waals surface area contributed by atoms with E-state index in [9.17, 15) is 38.4 Å². The van der Waals surface area contributed by atoms with Crippen molar-refractivity contribution in [1.82, 2.24) is 52.3 Å². The van der Waals surface area contributed by atoms with Gasteiger partial charge in [0.15, 0.2) is 0 Å². The molecular formula is C58H84N10O8. The lowest BCUT2D eigenvalue weighted by molar-refractivity contribution is -0.143. The molecule has 18 heteroatoms. The van der Waals surface area contributed by atoms with Crippen molar-refractivity contribution in [2.45, 2.75) is 203 Å². The number of fused-ring (bicyclic) bond motifs is 2. The molecule has 10 atom stereocenters. The van der Waals surface area contributed by atoms with Crippen molar-refractivity contribution in [1.29, 1.82) is 0 Å². The molecular weight excluding hydrogens is 965 g/mol. The second kappa shape index (κ2) is 26.4. The quantitative estimate of drug-likeness (QED) is 0.102. The number of aryl methyl sites for hydroxylation is 2. The largest absolute Gasteiger partial charge is 0.351 e. The second-order valence-corrected chi connectivity index (χ2v) is 22.6. The van der Waals surface area contributed by atoms with Crippen molar-refractivity contribution in [3.8, 4) is 0 Å². The number of amides is 8. The van der Waals surface area contributed by atoms with E-state index in [4.69, 9.17) is 0 Å². The van der Waals surface area contributed by atoms with Crippen molar-refractivity contribution in [2.75, 3.05) is 27.2 Å². The van der Waals surface area contributed by atoms with E-state index in [1.807, 2.05) is 36.4 Å². The van der Waals surface area contributed by atoms with E-state index in [0.29, 0.717) is 0 Å². The first-order valence-electron chi connectivity index (χ1n) is 28.6. The van der Waals surface area contributed by atoms with Crippen LogP contribution in [0.1, 0.15) is 164 Å². The van der Waals surface area contributed by atoms with Crippen LogP contribution in [-0.4, -0.2) is 133 Å². The molecule has 6 aliphatic rings. The van der Waals surface area contributed by atoms with Crippen LogP contribution in [0.15, 0.2) is 48.5 Å². The van der Waals surface area contributed by atoms with Crippen LogP contribution in [0.3, 0.4) is 0 Å². The summed E-state index contributed by atoms with van der Waals surface area (Å²) in [5, 5.41) is 24.6. The molecule has 2 saturated carbocycles. The van der Waals surface area contributed by atoms with Crippen LogP contribution in [-0.2, 0) is 51.2 Å². The van der Waals surface area contributed by atoms with Gasteiger partial charge in [-0.3, -0.25) is 38.4 Å². The summed E-state index contributed by atoms with van der Waals surface area (Å²) in [7, 11) is 3.37. The fraction of sp³-hybridized carbons (Fsp3) is 0.655. The summed E-state index contributed by atoms with van der Waals surface area (Å²) in [5.41, 5.74) is 4.48.